The van der Waals surface area contributed by atoms with Gasteiger partial charge in [0, 0.05) is 12.1 Å². The van der Waals surface area contributed by atoms with Gasteiger partial charge in [-0.3, -0.25) is 4.79 Å². The molecule has 0 saturated heterocycles. The number of anilines is 1. The van der Waals surface area contributed by atoms with Crippen molar-refractivity contribution in [2.75, 3.05) is 11.9 Å². The van der Waals surface area contributed by atoms with Crippen LogP contribution in [0.5, 0.6) is 5.75 Å². The SMILES string of the molecule is Cc1cccc(OCC(=O)Nc2ccnn2C(C)C)c1C. The van der Waals surface area contributed by atoms with Gasteiger partial charge in [-0.15, -0.1) is 0 Å². The van der Waals surface area contributed by atoms with E-state index in [0.29, 0.717) is 5.82 Å². The van der Waals surface area contributed by atoms with Gasteiger partial charge in [0.25, 0.3) is 5.91 Å². The molecule has 21 heavy (non-hydrogen) atoms. The third-order valence-electron chi connectivity index (χ3n) is 3.34. The van der Waals surface area contributed by atoms with Gasteiger partial charge in [-0.05, 0) is 44.9 Å². The lowest BCUT2D eigenvalue weighted by Gasteiger charge is -2.13. The van der Waals surface area contributed by atoms with Gasteiger partial charge in [-0.2, -0.15) is 5.10 Å². The molecule has 2 rings (SSSR count). The van der Waals surface area contributed by atoms with Crippen LogP contribution in [0.1, 0.15) is 31.0 Å². The van der Waals surface area contributed by atoms with E-state index in [0.717, 1.165) is 16.9 Å². The monoisotopic (exact) mass is 287 g/mol. The first-order valence-corrected chi connectivity index (χ1v) is 7.01. The van der Waals surface area contributed by atoms with Gasteiger partial charge >= 0.3 is 0 Å². The number of hydrogen-bond acceptors (Lipinski definition) is 3. The lowest BCUT2D eigenvalue weighted by molar-refractivity contribution is -0.118. The van der Waals surface area contributed by atoms with Gasteiger partial charge in [-0.25, -0.2) is 4.68 Å². The topological polar surface area (TPSA) is 56.1 Å². The fourth-order valence-electron chi connectivity index (χ4n) is 2.03. The second-order valence-corrected chi connectivity index (χ2v) is 5.29. The van der Waals surface area contributed by atoms with Crippen LogP contribution in [-0.2, 0) is 4.79 Å². The summed E-state index contributed by atoms with van der Waals surface area (Å²) >= 11 is 0. The second kappa shape index (κ2) is 6.43. The van der Waals surface area contributed by atoms with Crippen LogP contribution in [0, 0.1) is 13.8 Å². The molecule has 0 aliphatic rings. The summed E-state index contributed by atoms with van der Waals surface area (Å²) in [6, 6.07) is 7.77. The number of rotatable bonds is 5. The Hall–Kier alpha value is -2.30. The number of ether oxygens (including phenoxy) is 1. The molecule has 0 saturated carbocycles. The zero-order valence-corrected chi connectivity index (χ0v) is 12.9. The van der Waals surface area contributed by atoms with E-state index in [-0.39, 0.29) is 18.6 Å². The van der Waals surface area contributed by atoms with Crippen molar-refractivity contribution in [1.29, 1.82) is 0 Å². The van der Waals surface area contributed by atoms with Gasteiger partial charge in [0.05, 0.1) is 6.20 Å². The van der Waals surface area contributed by atoms with Crippen LogP contribution >= 0.6 is 0 Å². The summed E-state index contributed by atoms with van der Waals surface area (Å²) in [6.07, 6.45) is 1.67. The number of carbonyl (C=O) groups is 1. The number of carbonyl (C=O) groups excluding carboxylic acids is 1. The molecule has 1 aromatic heterocycles. The normalized spacial score (nSPS) is 10.7. The Balaban J connectivity index is 1.96. The largest absolute Gasteiger partial charge is 0.483 e. The first kappa shape index (κ1) is 15.1. The number of hydrogen-bond donors (Lipinski definition) is 1. The highest BCUT2D eigenvalue weighted by atomic mass is 16.5. The van der Waals surface area contributed by atoms with Crippen LogP contribution in [-0.4, -0.2) is 22.3 Å². The molecule has 0 radical (unpaired) electrons. The second-order valence-electron chi connectivity index (χ2n) is 5.29. The zero-order valence-electron chi connectivity index (χ0n) is 12.9. The van der Waals surface area contributed by atoms with Gasteiger partial charge in [0.1, 0.15) is 11.6 Å². The molecule has 0 spiro atoms. The molecule has 0 fully saturated rings. The van der Waals surface area contributed by atoms with E-state index >= 15 is 0 Å². The van der Waals surface area contributed by atoms with Crippen molar-refractivity contribution in [3.05, 3.63) is 41.6 Å². The van der Waals surface area contributed by atoms with Gasteiger partial charge in [-0.1, -0.05) is 12.1 Å². The van der Waals surface area contributed by atoms with Crippen molar-refractivity contribution in [2.24, 2.45) is 0 Å². The Morgan fingerprint density at radius 3 is 2.81 bits per heavy atom. The van der Waals surface area contributed by atoms with E-state index in [1.165, 1.54) is 0 Å². The van der Waals surface area contributed by atoms with E-state index in [4.69, 9.17) is 4.74 Å². The minimum Gasteiger partial charge on any atom is -0.483 e. The molecule has 0 unspecified atom stereocenters. The summed E-state index contributed by atoms with van der Waals surface area (Å²) in [5.41, 5.74) is 2.20. The zero-order chi connectivity index (χ0) is 15.4. The molecule has 0 bridgehead atoms. The molecule has 1 N–H and O–H groups in total. The van der Waals surface area contributed by atoms with Crippen LogP contribution in [0.3, 0.4) is 0 Å². The maximum absolute atomic E-state index is 12.0. The maximum Gasteiger partial charge on any atom is 0.263 e. The molecule has 0 atom stereocenters. The fourth-order valence-corrected chi connectivity index (χ4v) is 2.03. The Labute approximate surface area is 124 Å². The van der Waals surface area contributed by atoms with Gasteiger partial charge in [0.2, 0.25) is 0 Å². The fraction of sp³-hybridized carbons (Fsp3) is 0.375. The highest BCUT2D eigenvalue weighted by molar-refractivity contribution is 5.91. The molecule has 5 nitrogen and oxygen atoms in total. The Kier molecular flexibility index (Phi) is 4.62. The van der Waals surface area contributed by atoms with Gasteiger partial charge < -0.3 is 10.1 Å². The van der Waals surface area contributed by atoms with Crippen LogP contribution in [0.2, 0.25) is 0 Å². The molecule has 0 aliphatic carbocycles. The molecular weight excluding hydrogens is 266 g/mol. The first-order chi connectivity index (χ1) is 9.99. The number of nitrogens with zero attached hydrogens (tertiary/aromatic N) is 2. The molecule has 1 heterocycles. The molecule has 5 heteroatoms. The van der Waals surface area contributed by atoms with Crippen molar-refractivity contribution < 1.29 is 9.53 Å². The summed E-state index contributed by atoms with van der Waals surface area (Å²) < 4.78 is 7.35. The standard InChI is InChI=1S/C16H21N3O2/c1-11(2)19-15(8-9-17-19)18-16(20)10-21-14-7-5-6-12(3)13(14)4/h5-9,11H,10H2,1-4H3,(H,18,20). The summed E-state index contributed by atoms with van der Waals surface area (Å²) in [6.45, 7) is 8.00. The highest BCUT2D eigenvalue weighted by Crippen LogP contribution is 2.20. The lowest BCUT2D eigenvalue weighted by Crippen LogP contribution is -2.22. The van der Waals surface area contributed by atoms with E-state index in [1.807, 2.05) is 45.9 Å². The summed E-state index contributed by atoms with van der Waals surface area (Å²) in [4.78, 5) is 12.0. The van der Waals surface area contributed by atoms with Crippen molar-refractivity contribution in [2.45, 2.75) is 33.7 Å². The van der Waals surface area contributed by atoms with Crippen molar-refractivity contribution >= 4 is 11.7 Å². The predicted molar refractivity (Wildman–Crippen MR) is 82.7 cm³/mol. The summed E-state index contributed by atoms with van der Waals surface area (Å²) in [5, 5.41) is 6.99. The highest BCUT2D eigenvalue weighted by Gasteiger charge is 2.10. The van der Waals surface area contributed by atoms with Crippen molar-refractivity contribution in [3.63, 3.8) is 0 Å². The predicted octanol–water partition coefficient (Wildman–Crippen LogP) is 3.10. The minimum atomic E-state index is -0.196. The Morgan fingerprint density at radius 1 is 1.33 bits per heavy atom. The Bertz CT molecular complexity index is 632. The smallest absolute Gasteiger partial charge is 0.263 e. The molecule has 0 aliphatic heterocycles. The van der Waals surface area contributed by atoms with Crippen LogP contribution in [0.15, 0.2) is 30.5 Å². The molecule has 1 aromatic carbocycles. The number of amides is 1. The van der Waals surface area contributed by atoms with Crippen molar-refractivity contribution in [1.82, 2.24) is 9.78 Å². The van der Waals surface area contributed by atoms with Gasteiger partial charge in [0.15, 0.2) is 6.61 Å². The van der Waals surface area contributed by atoms with Crippen LogP contribution in [0.4, 0.5) is 5.82 Å². The van der Waals surface area contributed by atoms with Crippen LogP contribution < -0.4 is 10.1 Å². The quantitative estimate of drug-likeness (QED) is 0.919. The Morgan fingerprint density at radius 2 is 2.10 bits per heavy atom. The van der Waals surface area contributed by atoms with E-state index in [2.05, 4.69) is 10.4 Å². The maximum atomic E-state index is 12.0. The molecular formula is C16H21N3O2. The summed E-state index contributed by atoms with van der Waals surface area (Å²) in [5.74, 6) is 1.22. The molecule has 1 amide bonds. The van der Waals surface area contributed by atoms with E-state index < -0.39 is 0 Å². The number of nitrogens with one attached hydrogen (secondary N) is 1. The van der Waals surface area contributed by atoms with Crippen LogP contribution in [0.25, 0.3) is 0 Å². The molecule has 2 aromatic rings. The average Bonchev–Trinajstić information content (AvgIpc) is 2.88. The minimum absolute atomic E-state index is 0.0203. The lowest BCUT2D eigenvalue weighted by atomic mass is 10.1. The first-order valence-electron chi connectivity index (χ1n) is 7.01. The third kappa shape index (κ3) is 3.62. The number of benzene rings is 1. The number of aryl methyl sites for hydroxylation is 1. The average molecular weight is 287 g/mol. The molecule has 112 valence electrons. The third-order valence-corrected chi connectivity index (χ3v) is 3.34. The number of aromatic nitrogens is 2. The summed E-state index contributed by atoms with van der Waals surface area (Å²) in [7, 11) is 0. The van der Waals surface area contributed by atoms with E-state index in [1.54, 1.807) is 16.9 Å². The van der Waals surface area contributed by atoms with Crippen molar-refractivity contribution in [3.8, 4) is 5.75 Å². The van der Waals surface area contributed by atoms with E-state index in [9.17, 15) is 4.79 Å².